The Bertz CT molecular complexity index is 695. The van der Waals surface area contributed by atoms with Gasteiger partial charge in [-0.15, -0.1) is 0 Å². The van der Waals surface area contributed by atoms with E-state index in [4.69, 9.17) is 14.6 Å². The topological polar surface area (TPSA) is 67.8 Å². The molecule has 0 amide bonds. The first kappa shape index (κ1) is 23.7. The predicted molar refractivity (Wildman–Crippen MR) is 112 cm³/mol. The number of hydrogen-bond donors (Lipinski definition) is 2. The molecule has 2 aromatic rings. The van der Waals surface area contributed by atoms with Crippen LogP contribution in [-0.2, 0) is 16.1 Å². The van der Waals surface area contributed by atoms with Gasteiger partial charge in [-0.05, 0) is 51.0 Å². The molecule has 2 N–H and O–H groups in total. The van der Waals surface area contributed by atoms with Gasteiger partial charge < -0.3 is 19.9 Å². The van der Waals surface area contributed by atoms with E-state index in [-0.39, 0.29) is 24.2 Å². The van der Waals surface area contributed by atoms with Gasteiger partial charge in [0.05, 0.1) is 0 Å². The van der Waals surface area contributed by atoms with Crippen molar-refractivity contribution in [3.8, 4) is 5.75 Å². The van der Waals surface area contributed by atoms with E-state index in [1.807, 2.05) is 54.6 Å². The first-order valence-corrected chi connectivity index (χ1v) is 9.55. The molecule has 154 valence electrons. The summed E-state index contributed by atoms with van der Waals surface area (Å²) in [4.78, 5) is 11.5. The Labute approximate surface area is 168 Å². The van der Waals surface area contributed by atoms with E-state index in [0.717, 1.165) is 16.9 Å². The van der Waals surface area contributed by atoms with E-state index in [0.29, 0.717) is 13.2 Å². The zero-order valence-corrected chi connectivity index (χ0v) is 17.6. The minimum absolute atomic E-state index is 0.0557. The van der Waals surface area contributed by atoms with Crippen LogP contribution in [0.2, 0.25) is 0 Å². The Hall–Kier alpha value is -2.37. The van der Waals surface area contributed by atoms with Crippen molar-refractivity contribution in [1.82, 2.24) is 5.32 Å². The molecule has 2 rings (SSSR count). The maximum Gasteiger partial charge on any atom is 0.303 e. The molecule has 1 unspecified atom stereocenters. The fraction of sp³-hybridized carbons (Fsp3) is 0.435. The molecule has 28 heavy (non-hydrogen) atoms. The van der Waals surface area contributed by atoms with E-state index < -0.39 is 0 Å². The van der Waals surface area contributed by atoms with Gasteiger partial charge in [0.1, 0.15) is 18.5 Å². The molecule has 0 heterocycles. The summed E-state index contributed by atoms with van der Waals surface area (Å²) in [6.45, 7) is 10.7. The van der Waals surface area contributed by atoms with Gasteiger partial charge in [0, 0.05) is 25.6 Å². The smallest absolute Gasteiger partial charge is 0.303 e. The molecule has 0 aliphatic carbocycles. The Balaban J connectivity index is 0.00000122. The van der Waals surface area contributed by atoms with Gasteiger partial charge in [0.2, 0.25) is 0 Å². The quantitative estimate of drug-likeness (QED) is 0.695. The molecule has 0 saturated heterocycles. The molecular weight excluding hydrogens is 354 g/mol. The van der Waals surface area contributed by atoms with Crippen LogP contribution in [0.15, 0.2) is 54.6 Å². The summed E-state index contributed by atoms with van der Waals surface area (Å²) < 4.78 is 11.4. The summed E-state index contributed by atoms with van der Waals surface area (Å²) in [5, 5.41) is 11.0. The van der Waals surface area contributed by atoms with Crippen molar-refractivity contribution in [3.05, 3.63) is 65.7 Å². The highest BCUT2D eigenvalue weighted by Crippen LogP contribution is 2.23. The average Bonchev–Trinajstić information content (AvgIpc) is 2.64. The number of carbonyl (C=O) groups excluding carboxylic acids is 1. The highest BCUT2D eigenvalue weighted by atomic mass is 16.5. The Morgan fingerprint density at radius 1 is 1.11 bits per heavy atom. The highest BCUT2D eigenvalue weighted by molar-refractivity contribution is 5.66. The summed E-state index contributed by atoms with van der Waals surface area (Å²) >= 11 is 0. The van der Waals surface area contributed by atoms with Gasteiger partial charge in [0.15, 0.2) is 0 Å². The van der Waals surface area contributed by atoms with Crippen LogP contribution < -0.4 is 10.1 Å². The third-order valence-corrected chi connectivity index (χ3v) is 3.60. The van der Waals surface area contributed by atoms with Crippen LogP contribution in [0.5, 0.6) is 5.75 Å². The van der Waals surface area contributed by atoms with Crippen LogP contribution in [-0.4, -0.2) is 29.8 Å². The third-order valence-electron chi connectivity index (χ3n) is 3.60. The average molecular weight is 388 g/mol. The van der Waals surface area contributed by atoms with Crippen molar-refractivity contribution in [1.29, 1.82) is 0 Å². The summed E-state index contributed by atoms with van der Waals surface area (Å²) in [6, 6.07) is 17.7. The van der Waals surface area contributed by atoms with E-state index in [1.165, 1.54) is 6.92 Å². The third kappa shape index (κ3) is 10.1. The van der Waals surface area contributed by atoms with Gasteiger partial charge in [-0.25, -0.2) is 0 Å². The number of esters is 1. The molecule has 0 radical (unpaired) electrons. The summed E-state index contributed by atoms with van der Waals surface area (Å²) in [6.07, 6.45) is -0.350. The Morgan fingerprint density at radius 3 is 2.32 bits per heavy atom. The zero-order chi connectivity index (χ0) is 21.0. The molecule has 2 aromatic carbocycles. The number of rotatable bonds is 7. The summed E-state index contributed by atoms with van der Waals surface area (Å²) in [7, 11) is 0. The lowest BCUT2D eigenvalue weighted by Crippen LogP contribution is -2.39. The monoisotopic (exact) mass is 387 g/mol. The SMILES string of the molecule is CC(=O)OC(CNC(C)(C)C)c1cccc(OCc2ccccc2)c1.CCO. The lowest BCUT2D eigenvalue weighted by molar-refractivity contribution is -0.146. The first-order valence-electron chi connectivity index (χ1n) is 9.55. The number of nitrogens with one attached hydrogen (secondary N) is 1. The number of carbonyl (C=O) groups is 1. The Morgan fingerprint density at radius 2 is 1.75 bits per heavy atom. The van der Waals surface area contributed by atoms with Gasteiger partial charge >= 0.3 is 5.97 Å². The first-order chi connectivity index (χ1) is 13.2. The molecule has 5 heteroatoms. The van der Waals surface area contributed by atoms with Gasteiger partial charge in [-0.3, -0.25) is 4.79 Å². The van der Waals surface area contributed by atoms with E-state index in [2.05, 4.69) is 26.1 Å². The van der Waals surface area contributed by atoms with Crippen molar-refractivity contribution < 1.29 is 19.4 Å². The predicted octanol–water partition coefficient (Wildman–Crippen LogP) is 4.26. The molecule has 0 aliphatic heterocycles. The molecule has 0 spiro atoms. The summed E-state index contributed by atoms with van der Waals surface area (Å²) in [5.41, 5.74) is 1.97. The molecule has 0 fully saturated rings. The molecule has 5 nitrogen and oxygen atoms in total. The molecular formula is C23H33NO4. The lowest BCUT2D eigenvalue weighted by atomic mass is 10.1. The van der Waals surface area contributed by atoms with Gasteiger partial charge in [-0.2, -0.15) is 0 Å². The van der Waals surface area contributed by atoms with Crippen LogP contribution in [0.4, 0.5) is 0 Å². The van der Waals surface area contributed by atoms with E-state index in [1.54, 1.807) is 6.92 Å². The minimum atomic E-state index is -0.350. The van der Waals surface area contributed by atoms with Crippen molar-refractivity contribution >= 4 is 5.97 Å². The second kappa shape index (κ2) is 12.2. The van der Waals surface area contributed by atoms with Crippen LogP contribution in [0.3, 0.4) is 0 Å². The molecule has 0 aliphatic rings. The number of aliphatic hydroxyl groups is 1. The van der Waals surface area contributed by atoms with Crippen LogP contribution >= 0.6 is 0 Å². The second-order valence-corrected chi connectivity index (χ2v) is 7.39. The largest absolute Gasteiger partial charge is 0.489 e. The maximum absolute atomic E-state index is 11.5. The fourth-order valence-electron chi connectivity index (χ4n) is 2.37. The lowest BCUT2D eigenvalue weighted by Gasteiger charge is -2.25. The molecule has 1 atom stereocenters. The summed E-state index contributed by atoms with van der Waals surface area (Å²) in [5.74, 6) is 0.463. The Kier molecular flexibility index (Phi) is 10.3. The standard InChI is InChI=1S/C21H27NO3.C2H6O/c1-16(23)25-20(14-22-21(2,3)4)18-11-8-12-19(13-18)24-15-17-9-6-5-7-10-17;1-2-3/h5-13,20,22H,14-15H2,1-4H3;3H,2H2,1H3. The van der Waals surface area contributed by atoms with Crippen LogP contribution in [0.25, 0.3) is 0 Å². The van der Waals surface area contributed by atoms with Crippen molar-refractivity contribution in [2.24, 2.45) is 0 Å². The number of ether oxygens (including phenoxy) is 2. The number of hydrogen-bond acceptors (Lipinski definition) is 5. The van der Waals surface area contributed by atoms with Crippen LogP contribution in [0.1, 0.15) is 51.8 Å². The highest BCUT2D eigenvalue weighted by Gasteiger charge is 2.19. The number of benzene rings is 2. The fourth-order valence-corrected chi connectivity index (χ4v) is 2.37. The van der Waals surface area contributed by atoms with Crippen molar-refractivity contribution in [2.45, 2.75) is 52.9 Å². The molecule has 0 bridgehead atoms. The van der Waals surface area contributed by atoms with Gasteiger partial charge in [0.25, 0.3) is 0 Å². The van der Waals surface area contributed by atoms with Crippen molar-refractivity contribution in [2.75, 3.05) is 13.2 Å². The minimum Gasteiger partial charge on any atom is -0.489 e. The molecule has 0 saturated carbocycles. The van der Waals surface area contributed by atoms with E-state index >= 15 is 0 Å². The zero-order valence-electron chi connectivity index (χ0n) is 17.6. The number of aliphatic hydroxyl groups excluding tert-OH is 1. The second-order valence-electron chi connectivity index (χ2n) is 7.39. The molecule has 0 aromatic heterocycles. The van der Waals surface area contributed by atoms with Crippen LogP contribution in [0, 0.1) is 0 Å². The van der Waals surface area contributed by atoms with Gasteiger partial charge in [-0.1, -0.05) is 42.5 Å². The van der Waals surface area contributed by atoms with Crippen molar-refractivity contribution in [3.63, 3.8) is 0 Å². The van der Waals surface area contributed by atoms with E-state index in [9.17, 15) is 4.79 Å². The maximum atomic E-state index is 11.5. The normalized spacial score (nSPS) is 11.8.